The summed E-state index contributed by atoms with van der Waals surface area (Å²) in [5.74, 6) is -0.419. The zero-order chi connectivity index (χ0) is 22.2. The number of morpholine rings is 1. The molecule has 0 bridgehead atoms. The number of alkyl halides is 3. The number of nitro benzene ring substituents is 1. The molecule has 0 unspecified atom stereocenters. The third-order valence-electron chi connectivity index (χ3n) is 4.85. The van der Waals surface area contributed by atoms with Crippen molar-refractivity contribution in [3.63, 3.8) is 0 Å². The van der Waals surface area contributed by atoms with Crippen LogP contribution in [0.1, 0.15) is 16.2 Å². The Kier molecular flexibility index (Phi) is 5.41. The van der Waals surface area contributed by atoms with Gasteiger partial charge >= 0.3 is 6.18 Å². The molecule has 3 aromatic rings. The first-order valence-corrected chi connectivity index (χ1v) is 9.28. The third-order valence-corrected chi connectivity index (χ3v) is 4.85. The van der Waals surface area contributed by atoms with Gasteiger partial charge in [-0.3, -0.25) is 19.8 Å². The number of fused-ring (bicyclic) bond motifs is 1. The van der Waals surface area contributed by atoms with Gasteiger partial charge in [0.05, 0.1) is 30.4 Å². The van der Waals surface area contributed by atoms with E-state index in [4.69, 9.17) is 4.74 Å². The predicted molar refractivity (Wildman–Crippen MR) is 102 cm³/mol. The maximum atomic E-state index is 13.7. The Hall–Kier alpha value is -3.38. The number of nitrogens with zero attached hydrogens (tertiary/aromatic N) is 5. The van der Waals surface area contributed by atoms with E-state index in [0.29, 0.717) is 30.8 Å². The van der Waals surface area contributed by atoms with E-state index in [9.17, 15) is 28.1 Å². The number of aromatic nitrogens is 3. The lowest BCUT2D eigenvalue weighted by Gasteiger charge is -2.25. The Labute approximate surface area is 173 Å². The first-order chi connectivity index (χ1) is 14.7. The highest BCUT2D eigenvalue weighted by Crippen LogP contribution is 2.32. The van der Waals surface area contributed by atoms with E-state index in [1.54, 1.807) is 0 Å². The van der Waals surface area contributed by atoms with E-state index in [2.05, 4.69) is 10.1 Å². The summed E-state index contributed by atoms with van der Waals surface area (Å²) in [4.78, 5) is 28.8. The molecule has 0 atom stereocenters. The van der Waals surface area contributed by atoms with Crippen molar-refractivity contribution in [3.05, 3.63) is 57.9 Å². The van der Waals surface area contributed by atoms with Crippen LogP contribution in [0.4, 0.5) is 18.9 Å². The van der Waals surface area contributed by atoms with Crippen LogP contribution in [0, 0.1) is 10.1 Å². The van der Waals surface area contributed by atoms with Crippen LogP contribution in [-0.4, -0.2) is 63.1 Å². The van der Waals surface area contributed by atoms with Gasteiger partial charge in [-0.25, -0.2) is 9.50 Å². The minimum absolute atomic E-state index is 0.0177. The predicted octanol–water partition coefficient (Wildman–Crippen LogP) is 2.84. The van der Waals surface area contributed by atoms with Crippen molar-refractivity contribution >= 4 is 17.1 Å². The number of hydrogen-bond donors (Lipinski definition) is 0. The molecule has 1 saturated heterocycles. The number of nitro groups is 1. The van der Waals surface area contributed by atoms with Gasteiger partial charge in [-0.2, -0.15) is 18.3 Å². The van der Waals surface area contributed by atoms with Gasteiger partial charge in [-0.05, 0) is 18.2 Å². The average molecular weight is 435 g/mol. The topological polar surface area (TPSA) is 103 Å². The van der Waals surface area contributed by atoms with E-state index < -0.39 is 22.6 Å². The van der Waals surface area contributed by atoms with Gasteiger partial charge in [0.1, 0.15) is 5.69 Å². The Morgan fingerprint density at radius 3 is 2.45 bits per heavy atom. The maximum Gasteiger partial charge on any atom is 0.433 e. The van der Waals surface area contributed by atoms with E-state index in [-0.39, 0.29) is 34.8 Å². The summed E-state index contributed by atoms with van der Waals surface area (Å²) < 4.78 is 46.9. The summed E-state index contributed by atoms with van der Waals surface area (Å²) in [6.07, 6.45) is -4.76. The molecular formula is C19H16F3N5O4. The van der Waals surface area contributed by atoms with Crippen molar-refractivity contribution in [1.82, 2.24) is 19.5 Å². The van der Waals surface area contributed by atoms with Crippen molar-refractivity contribution in [3.8, 4) is 11.3 Å². The largest absolute Gasteiger partial charge is 0.433 e. The molecule has 4 rings (SSSR count). The van der Waals surface area contributed by atoms with Crippen LogP contribution in [0.25, 0.3) is 16.9 Å². The molecule has 9 nitrogen and oxygen atoms in total. The summed E-state index contributed by atoms with van der Waals surface area (Å²) in [7, 11) is 0. The Morgan fingerprint density at radius 2 is 1.84 bits per heavy atom. The molecule has 0 radical (unpaired) electrons. The number of benzene rings is 1. The van der Waals surface area contributed by atoms with Crippen LogP contribution in [0.15, 0.2) is 36.4 Å². The van der Waals surface area contributed by atoms with Crippen LogP contribution >= 0.6 is 0 Å². The molecule has 162 valence electrons. The zero-order valence-electron chi connectivity index (χ0n) is 16.0. The lowest BCUT2D eigenvalue weighted by Crippen LogP contribution is -2.39. The van der Waals surface area contributed by atoms with Crippen molar-refractivity contribution < 1.29 is 27.6 Å². The molecule has 1 aliphatic rings. The normalized spacial score (nSPS) is 15.3. The number of hydrogen-bond acceptors (Lipinski definition) is 7. The van der Waals surface area contributed by atoms with Crippen LogP contribution in [-0.2, 0) is 10.9 Å². The molecule has 0 N–H and O–H groups in total. The number of Topliss-reactive ketones (excluding diaryl/α,β-unsaturated/α-hetero) is 1. The van der Waals surface area contributed by atoms with Crippen LogP contribution in [0.3, 0.4) is 0 Å². The maximum absolute atomic E-state index is 13.7. The standard InChI is InChI=1S/C19H16F3N5O4/c20-19(21,22)17-9-14(12-1-3-13(4-2-12)27(29)30)23-18-10-15(24-26(17)18)16(28)11-25-5-7-31-8-6-25/h1-4,9-10H,5-8,11H2. The Bertz CT molecular complexity index is 1140. The highest BCUT2D eigenvalue weighted by Gasteiger charge is 2.35. The van der Waals surface area contributed by atoms with Crippen LogP contribution in [0.2, 0.25) is 0 Å². The highest BCUT2D eigenvalue weighted by molar-refractivity contribution is 5.96. The second-order valence-electron chi connectivity index (χ2n) is 6.94. The number of rotatable bonds is 5. The quantitative estimate of drug-likeness (QED) is 0.345. The fourth-order valence-electron chi connectivity index (χ4n) is 3.26. The second kappa shape index (κ2) is 8.04. The fourth-order valence-corrected chi connectivity index (χ4v) is 3.26. The molecule has 2 aromatic heterocycles. The van der Waals surface area contributed by atoms with Crippen LogP contribution < -0.4 is 0 Å². The molecule has 0 saturated carbocycles. The minimum atomic E-state index is -4.76. The smallest absolute Gasteiger partial charge is 0.379 e. The SMILES string of the molecule is O=C(CN1CCOCC1)c1cc2nc(-c3ccc([N+](=O)[O-])cc3)cc(C(F)(F)F)n2n1. The van der Waals surface area contributed by atoms with Gasteiger partial charge in [-0.1, -0.05) is 0 Å². The molecule has 1 aliphatic heterocycles. The third kappa shape index (κ3) is 4.39. The average Bonchev–Trinajstić information content (AvgIpc) is 3.17. The molecule has 3 heterocycles. The van der Waals surface area contributed by atoms with Crippen molar-refractivity contribution in [1.29, 1.82) is 0 Å². The van der Waals surface area contributed by atoms with E-state index in [1.165, 1.54) is 30.3 Å². The molecule has 1 fully saturated rings. The monoisotopic (exact) mass is 435 g/mol. The number of non-ortho nitro benzene ring substituents is 1. The van der Waals surface area contributed by atoms with Gasteiger partial charge < -0.3 is 4.74 Å². The highest BCUT2D eigenvalue weighted by atomic mass is 19.4. The summed E-state index contributed by atoms with van der Waals surface area (Å²) in [6, 6.07) is 7.02. The van der Waals surface area contributed by atoms with Crippen molar-refractivity contribution in [2.24, 2.45) is 0 Å². The number of carbonyl (C=O) groups is 1. The van der Waals surface area contributed by atoms with Gasteiger partial charge in [-0.15, -0.1) is 0 Å². The summed E-state index contributed by atoms with van der Waals surface area (Å²) in [6.45, 7) is 2.09. The first-order valence-electron chi connectivity index (χ1n) is 9.28. The van der Waals surface area contributed by atoms with Gasteiger partial charge in [0.2, 0.25) is 0 Å². The van der Waals surface area contributed by atoms with E-state index >= 15 is 0 Å². The Balaban J connectivity index is 1.72. The van der Waals surface area contributed by atoms with E-state index in [0.717, 1.165) is 6.07 Å². The summed E-state index contributed by atoms with van der Waals surface area (Å²) in [5.41, 5.74) is -1.33. The Morgan fingerprint density at radius 1 is 1.16 bits per heavy atom. The number of halogens is 3. The molecule has 1 aromatic carbocycles. The van der Waals surface area contributed by atoms with Gasteiger partial charge in [0, 0.05) is 36.9 Å². The number of ketones is 1. The molecule has 31 heavy (non-hydrogen) atoms. The molecule has 0 spiro atoms. The molecular weight excluding hydrogens is 419 g/mol. The van der Waals surface area contributed by atoms with Crippen LogP contribution in [0.5, 0.6) is 0 Å². The van der Waals surface area contributed by atoms with Gasteiger partial charge in [0.25, 0.3) is 5.69 Å². The number of carbonyl (C=O) groups excluding carboxylic acids is 1. The zero-order valence-corrected chi connectivity index (χ0v) is 16.0. The second-order valence-corrected chi connectivity index (χ2v) is 6.94. The first kappa shape index (κ1) is 20.9. The minimum Gasteiger partial charge on any atom is -0.379 e. The molecule has 0 amide bonds. The summed E-state index contributed by atoms with van der Waals surface area (Å²) in [5, 5.41) is 14.7. The molecule has 0 aliphatic carbocycles. The molecule has 12 heteroatoms. The lowest BCUT2D eigenvalue weighted by molar-refractivity contribution is -0.384. The lowest BCUT2D eigenvalue weighted by atomic mass is 10.1. The summed E-state index contributed by atoms with van der Waals surface area (Å²) >= 11 is 0. The van der Waals surface area contributed by atoms with Gasteiger partial charge in [0.15, 0.2) is 17.1 Å². The van der Waals surface area contributed by atoms with Crippen molar-refractivity contribution in [2.75, 3.05) is 32.8 Å². The van der Waals surface area contributed by atoms with Crippen molar-refractivity contribution in [2.45, 2.75) is 6.18 Å². The van der Waals surface area contributed by atoms with E-state index in [1.807, 2.05) is 4.90 Å². The fraction of sp³-hybridized carbons (Fsp3) is 0.316. The number of ether oxygens (including phenoxy) is 1.